The lowest BCUT2D eigenvalue weighted by molar-refractivity contribution is -0.139. The van der Waals surface area contributed by atoms with E-state index in [-0.39, 0.29) is 18.3 Å². The Balaban J connectivity index is 1.98. The molecule has 5 nitrogen and oxygen atoms in total. The Morgan fingerprint density at radius 3 is 2.69 bits per heavy atom. The first-order valence-electron chi connectivity index (χ1n) is 8.36. The molecular weight excluding hydrogens is 354 g/mol. The maximum Gasteiger partial charge on any atom is 0.310 e. The Labute approximate surface area is 158 Å². The lowest BCUT2D eigenvalue weighted by Crippen LogP contribution is -2.39. The number of ether oxygens (including phenoxy) is 2. The number of carbonyl (C=O) groups excluding carboxylic acids is 1. The first-order chi connectivity index (χ1) is 12.3. The molecule has 0 saturated heterocycles. The van der Waals surface area contributed by atoms with Crippen LogP contribution in [0.25, 0.3) is 0 Å². The van der Waals surface area contributed by atoms with Gasteiger partial charge < -0.3 is 14.6 Å². The van der Waals surface area contributed by atoms with Crippen LogP contribution in [-0.2, 0) is 21.7 Å². The molecule has 2 atom stereocenters. The second-order valence-electron chi connectivity index (χ2n) is 6.42. The maximum absolute atomic E-state index is 11.5. The molecule has 0 aliphatic carbocycles. The van der Waals surface area contributed by atoms with Crippen LogP contribution in [0.1, 0.15) is 24.5 Å². The largest absolute Gasteiger partial charge is 0.493 e. The normalized spacial score (nSPS) is 14.3. The fraction of sp³-hybridized carbons (Fsp3) is 0.350. The van der Waals surface area contributed by atoms with Gasteiger partial charge in [0, 0.05) is 10.6 Å². The van der Waals surface area contributed by atoms with Gasteiger partial charge in [0.25, 0.3) is 0 Å². The zero-order chi connectivity index (χ0) is 19.2. The van der Waals surface area contributed by atoms with E-state index in [0.29, 0.717) is 29.4 Å². The summed E-state index contributed by atoms with van der Waals surface area (Å²) in [4.78, 5) is 11.5. The van der Waals surface area contributed by atoms with Crippen LogP contribution in [0.4, 0.5) is 0 Å². The van der Waals surface area contributed by atoms with E-state index in [4.69, 9.17) is 26.8 Å². The third-order valence-corrected chi connectivity index (χ3v) is 4.28. The van der Waals surface area contributed by atoms with Crippen molar-refractivity contribution in [2.45, 2.75) is 25.5 Å². The van der Waals surface area contributed by atoms with Crippen molar-refractivity contribution in [1.29, 1.82) is 0 Å². The molecule has 0 fully saturated rings. The Bertz CT molecular complexity index is 748. The number of rotatable bonds is 8. The zero-order valence-corrected chi connectivity index (χ0v) is 15.7. The molecule has 0 aromatic heterocycles. The summed E-state index contributed by atoms with van der Waals surface area (Å²) in [7, 11) is 1.35. The highest BCUT2D eigenvalue weighted by Crippen LogP contribution is 2.27. The van der Waals surface area contributed by atoms with E-state index >= 15 is 0 Å². The van der Waals surface area contributed by atoms with Gasteiger partial charge in [-0.05, 0) is 36.1 Å². The lowest BCUT2D eigenvalue weighted by Gasteiger charge is -2.27. The van der Waals surface area contributed by atoms with Gasteiger partial charge in [-0.1, -0.05) is 48.9 Å². The molecular formula is C20H24ClNO4. The molecule has 26 heavy (non-hydrogen) atoms. The fourth-order valence-electron chi connectivity index (χ4n) is 2.72. The van der Waals surface area contributed by atoms with Crippen molar-refractivity contribution >= 4 is 17.6 Å². The van der Waals surface area contributed by atoms with Crippen molar-refractivity contribution in [3.8, 4) is 5.75 Å². The number of hydrogen-bond donors (Lipinski definition) is 2. The number of methoxy groups -OCH3 is 1. The third-order valence-electron chi connectivity index (χ3n) is 4.04. The molecule has 0 bridgehead atoms. The average Bonchev–Trinajstić information content (AvgIpc) is 2.60. The van der Waals surface area contributed by atoms with Crippen LogP contribution in [0.5, 0.6) is 5.75 Å². The van der Waals surface area contributed by atoms with Crippen molar-refractivity contribution < 1.29 is 19.4 Å². The second-order valence-corrected chi connectivity index (χ2v) is 6.85. The number of para-hydroxylation sites is 1. The van der Waals surface area contributed by atoms with Crippen LogP contribution < -0.4 is 10.5 Å². The van der Waals surface area contributed by atoms with Gasteiger partial charge in [0.1, 0.15) is 11.5 Å². The van der Waals surface area contributed by atoms with Gasteiger partial charge in [0.15, 0.2) is 0 Å². The Morgan fingerprint density at radius 2 is 2.00 bits per heavy atom. The predicted molar refractivity (Wildman–Crippen MR) is 101 cm³/mol. The van der Waals surface area contributed by atoms with Gasteiger partial charge in [-0.3, -0.25) is 10.5 Å². The average molecular weight is 378 g/mol. The topological polar surface area (TPSA) is 81.8 Å². The highest BCUT2D eigenvalue weighted by molar-refractivity contribution is 6.30. The van der Waals surface area contributed by atoms with E-state index in [0.717, 1.165) is 5.56 Å². The molecule has 2 unspecified atom stereocenters. The van der Waals surface area contributed by atoms with Crippen molar-refractivity contribution in [2.24, 2.45) is 11.7 Å². The second kappa shape index (κ2) is 9.03. The standard InChI is InChI=1S/C20H24ClNO4/c1-14(12-20(22,24)16-7-5-8-17(21)11-16)13-26-18-9-4-3-6-15(18)10-19(23)25-2/h3-9,11,14,24H,10,12-13,22H2,1-2H3. The van der Waals surface area contributed by atoms with Gasteiger partial charge in [-0.15, -0.1) is 0 Å². The van der Waals surface area contributed by atoms with Gasteiger partial charge in [-0.25, -0.2) is 0 Å². The highest BCUT2D eigenvalue weighted by atomic mass is 35.5. The molecule has 2 rings (SSSR count). The highest BCUT2D eigenvalue weighted by Gasteiger charge is 2.27. The minimum absolute atomic E-state index is 0.0323. The van der Waals surface area contributed by atoms with E-state index in [9.17, 15) is 9.90 Å². The van der Waals surface area contributed by atoms with Crippen molar-refractivity contribution in [3.63, 3.8) is 0 Å². The summed E-state index contributed by atoms with van der Waals surface area (Å²) in [5.41, 5.74) is 5.88. The fourth-order valence-corrected chi connectivity index (χ4v) is 2.91. The van der Waals surface area contributed by atoms with E-state index < -0.39 is 5.72 Å². The van der Waals surface area contributed by atoms with Gasteiger partial charge in [0.2, 0.25) is 0 Å². The van der Waals surface area contributed by atoms with Gasteiger partial charge in [-0.2, -0.15) is 0 Å². The SMILES string of the molecule is COC(=O)Cc1ccccc1OCC(C)CC(N)(O)c1cccc(Cl)c1. The smallest absolute Gasteiger partial charge is 0.310 e. The van der Waals surface area contributed by atoms with E-state index in [1.54, 1.807) is 30.3 Å². The summed E-state index contributed by atoms with van der Waals surface area (Å²) in [6, 6.07) is 14.2. The molecule has 0 radical (unpaired) electrons. The van der Waals surface area contributed by atoms with Crippen LogP contribution >= 0.6 is 11.6 Å². The van der Waals surface area contributed by atoms with E-state index in [2.05, 4.69) is 0 Å². The lowest BCUT2D eigenvalue weighted by atomic mass is 9.93. The number of benzene rings is 2. The number of halogens is 1. The molecule has 0 amide bonds. The summed E-state index contributed by atoms with van der Waals surface area (Å²) >= 11 is 5.97. The minimum atomic E-state index is -1.50. The Morgan fingerprint density at radius 1 is 1.27 bits per heavy atom. The molecule has 0 heterocycles. The Hall–Kier alpha value is -2.08. The molecule has 2 aromatic carbocycles. The number of carbonyl (C=O) groups is 1. The van der Waals surface area contributed by atoms with Crippen LogP contribution in [-0.4, -0.2) is 24.8 Å². The summed E-state index contributed by atoms with van der Waals surface area (Å²) < 4.78 is 10.6. The number of aliphatic hydroxyl groups is 1. The van der Waals surface area contributed by atoms with Crippen LogP contribution in [0.15, 0.2) is 48.5 Å². The number of nitrogens with two attached hydrogens (primary N) is 1. The van der Waals surface area contributed by atoms with E-state index in [1.165, 1.54) is 7.11 Å². The van der Waals surface area contributed by atoms with Crippen molar-refractivity contribution in [1.82, 2.24) is 0 Å². The van der Waals surface area contributed by atoms with Crippen molar-refractivity contribution in [2.75, 3.05) is 13.7 Å². The predicted octanol–water partition coefficient (Wildman–Crippen LogP) is 3.26. The van der Waals surface area contributed by atoms with Crippen LogP contribution in [0.2, 0.25) is 5.02 Å². The van der Waals surface area contributed by atoms with Crippen LogP contribution in [0.3, 0.4) is 0 Å². The third kappa shape index (κ3) is 5.73. The quantitative estimate of drug-likeness (QED) is 0.545. The summed E-state index contributed by atoms with van der Waals surface area (Å²) in [5.74, 6) is 0.259. The first kappa shape index (κ1) is 20.2. The van der Waals surface area contributed by atoms with Crippen molar-refractivity contribution in [3.05, 3.63) is 64.7 Å². The van der Waals surface area contributed by atoms with E-state index in [1.807, 2.05) is 25.1 Å². The molecule has 0 aliphatic rings. The maximum atomic E-state index is 11.5. The molecule has 3 N–H and O–H groups in total. The van der Waals surface area contributed by atoms with Gasteiger partial charge in [0.05, 0.1) is 20.1 Å². The number of hydrogen-bond acceptors (Lipinski definition) is 5. The minimum Gasteiger partial charge on any atom is -0.493 e. The summed E-state index contributed by atoms with van der Waals surface area (Å²) in [6.07, 6.45) is 0.441. The number of esters is 1. The summed E-state index contributed by atoms with van der Waals surface area (Å²) in [5, 5.41) is 11.1. The molecule has 0 spiro atoms. The van der Waals surface area contributed by atoms with Crippen LogP contribution in [0, 0.1) is 5.92 Å². The molecule has 140 valence electrons. The molecule has 6 heteroatoms. The monoisotopic (exact) mass is 377 g/mol. The zero-order valence-electron chi connectivity index (χ0n) is 14.9. The molecule has 2 aromatic rings. The molecule has 0 saturated carbocycles. The first-order valence-corrected chi connectivity index (χ1v) is 8.74. The Kier molecular flexibility index (Phi) is 7.03. The summed E-state index contributed by atoms with van der Waals surface area (Å²) in [6.45, 7) is 2.28. The van der Waals surface area contributed by atoms with Gasteiger partial charge >= 0.3 is 5.97 Å². The molecule has 0 aliphatic heterocycles.